The molecule has 0 bridgehead atoms. The van der Waals surface area contributed by atoms with Crippen molar-refractivity contribution in [3.8, 4) is 0 Å². The number of nitrogens with two attached hydrogens (primary N) is 1. The molecule has 1 aromatic heterocycles. The van der Waals surface area contributed by atoms with Gasteiger partial charge in [-0.3, -0.25) is 14.4 Å². The van der Waals surface area contributed by atoms with Crippen molar-refractivity contribution < 1.29 is 18.0 Å². The first kappa shape index (κ1) is 29.8. The van der Waals surface area contributed by atoms with E-state index < -0.39 is 23.8 Å². The number of hydrogen-bond acceptors (Lipinski definition) is 8. The number of nitrogens with one attached hydrogen (secondary N) is 2. The van der Waals surface area contributed by atoms with Gasteiger partial charge in [-0.1, -0.05) is 6.07 Å². The molecule has 1 atom stereocenters. The summed E-state index contributed by atoms with van der Waals surface area (Å²) in [5, 5.41) is 6.05. The Balaban J connectivity index is 1.19. The molecule has 2 fully saturated rings. The van der Waals surface area contributed by atoms with Gasteiger partial charge in [-0.05, 0) is 81.6 Å². The number of rotatable bonds is 6. The van der Waals surface area contributed by atoms with Gasteiger partial charge in [-0.15, -0.1) is 0 Å². The van der Waals surface area contributed by atoms with E-state index in [4.69, 9.17) is 5.73 Å². The number of amides is 1. The van der Waals surface area contributed by atoms with E-state index in [-0.39, 0.29) is 5.56 Å². The summed E-state index contributed by atoms with van der Waals surface area (Å²) in [6.45, 7) is 5.39. The smallest absolute Gasteiger partial charge is 0.371 e. The molecule has 232 valence electrons. The number of aromatic nitrogens is 2. The molecule has 44 heavy (non-hydrogen) atoms. The van der Waals surface area contributed by atoms with Crippen LogP contribution in [0, 0.1) is 6.92 Å². The third-order valence-electron chi connectivity index (χ3n) is 8.51. The molecule has 4 heterocycles. The van der Waals surface area contributed by atoms with Gasteiger partial charge in [-0.25, -0.2) is 9.98 Å². The molecule has 2 saturated heterocycles. The molecule has 1 unspecified atom stereocenters. The number of anilines is 4. The lowest BCUT2D eigenvalue weighted by Crippen LogP contribution is -2.44. The molecule has 13 heteroatoms. The first-order valence-corrected chi connectivity index (χ1v) is 14.9. The monoisotopic (exact) mass is 607 g/mol. The summed E-state index contributed by atoms with van der Waals surface area (Å²) in [6, 6.07) is 9.34. The number of halogens is 3. The fourth-order valence-electron chi connectivity index (χ4n) is 6.09. The molecule has 3 aromatic rings. The van der Waals surface area contributed by atoms with Crippen LogP contribution in [0.5, 0.6) is 0 Å². The highest BCUT2D eigenvalue weighted by molar-refractivity contribution is 6.05. The first-order valence-electron chi connectivity index (χ1n) is 14.9. The van der Waals surface area contributed by atoms with E-state index in [0.29, 0.717) is 54.4 Å². The number of aryl methyl sites for hydroxylation is 1. The number of alkyl halides is 3. The van der Waals surface area contributed by atoms with Gasteiger partial charge < -0.3 is 26.2 Å². The normalized spacial score (nSPS) is 19.7. The molecule has 3 aliphatic rings. The number of nitrogens with zero attached hydrogens (tertiary/aromatic N) is 6. The number of hydrogen-bond donors (Lipinski definition) is 3. The lowest BCUT2D eigenvalue weighted by molar-refractivity contribution is -0.137. The van der Waals surface area contributed by atoms with Crippen molar-refractivity contribution >= 4 is 41.1 Å². The highest BCUT2D eigenvalue weighted by atomic mass is 19.4. The second-order valence-corrected chi connectivity index (χ2v) is 11.5. The van der Waals surface area contributed by atoms with Crippen LogP contribution in [-0.4, -0.2) is 70.9 Å². The van der Waals surface area contributed by atoms with Crippen molar-refractivity contribution in [1.29, 1.82) is 0 Å². The molecule has 0 aliphatic carbocycles. The van der Waals surface area contributed by atoms with Crippen LogP contribution in [0.1, 0.15) is 53.6 Å². The third kappa shape index (κ3) is 6.63. The van der Waals surface area contributed by atoms with Crippen molar-refractivity contribution in [2.24, 2.45) is 15.7 Å². The average molecular weight is 608 g/mol. The number of benzene rings is 2. The molecule has 0 spiro atoms. The summed E-state index contributed by atoms with van der Waals surface area (Å²) in [6.07, 6.45) is 4.46. The van der Waals surface area contributed by atoms with E-state index in [1.165, 1.54) is 19.2 Å². The van der Waals surface area contributed by atoms with Crippen molar-refractivity contribution in [3.05, 3.63) is 65.5 Å². The van der Waals surface area contributed by atoms with E-state index in [1.54, 1.807) is 35.2 Å². The largest absolute Gasteiger partial charge is 0.416 e. The summed E-state index contributed by atoms with van der Waals surface area (Å²) in [7, 11) is 0. The Labute approximate surface area is 253 Å². The van der Waals surface area contributed by atoms with Gasteiger partial charge in [0.05, 0.1) is 5.56 Å². The minimum atomic E-state index is -4.58. The van der Waals surface area contributed by atoms with E-state index in [2.05, 4.69) is 30.5 Å². The number of carbonyl (C=O) groups excluding carboxylic acids is 1. The van der Waals surface area contributed by atoms with Crippen LogP contribution in [0.2, 0.25) is 0 Å². The topological polar surface area (TPSA) is 116 Å². The summed E-state index contributed by atoms with van der Waals surface area (Å²) < 4.78 is 43.6. The highest BCUT2D eigenvalue weighted by Gasteiger charge is 2.33. The van der Waals surface area contributed by atoms with Gasteiger partial charge in [0.25, 0.3) is 5.91 Å². The fraction of sp³-hybridized carbons (Fsp3) is 0.419. The predicted molar refractivity (Wildman–Crippen MR) is 166 cm³/mol. The van der Waals surface area contributed by atoms with Gasteiger partial charge in [-0.2, -0.15) is 13.2 Å². The van der Waals surface area contributed by atoms with Crippen LogP contribution in [0.15, 0.2) is 58.8 Å². The maximum atomic E-state index is 13.9. The molecular weight excluding hydrogens is 571 g/mol. The maximum absolute atomic E-state index is 13.9. The Morgan fingerprint density at radius 1 is 1.05 bits per heavy atom. The molecule has 6 rings (SSSR count). The lowest BCUT2D eigenvalue weighted by Gasteiger charge is -2.38. The van der Waals surface area contributed by atoms with Crippen molar-refractivity contribution in [2.75, 3.05) is 41.7 Å². The number of aliphatic imine (C=N–C) groups is 2. The van der Waals surface area contributed by atoms with E-state index in [9.17, 15) is 18.0 Å². The minimum absolute atomic E-state index is 0.0459. The van der Waals surface area contributed by atoms with E-state index >= 15 is 0 Å². The molecule has 0 saturated carbocycles. The zero-order valence-corrected chi connectivity index (χ0v) is 24.5. The zero-order valence-electron chi connectivity index (χ0n) is 24.5. The molecule has 4 N–H and O–H groups in total. The van der Waals surface area contributed by atoms with E-state index in [0.717, 1.165) is 43.6 Å². The van der Waals surface area contributed by atoms with Crippen LogP contribution in [0.25, 0.3) is 0 Å². The van der Waals surface area contributed by atoms with Gasteiger partial charge >= 0.3 is 6.18 Å². The summed E-state index contributed by atoms with van der Waals surface area (Å²) in [4.78, 5) is 30.6. The molecular formula is C31H36F3N9O. The molecule has 1 amide bonds. The van der Waals surface area contributed by atoms with Gasteiger partial charge in [0.2, 0.25) is 5.95 Å². The number of piperidine rings is 1. The Kier molecular flexibility index (Phi) is 8.41. The summed E-state index contributed by atoms with van der Waals surface area (Å²) >= 11 is 0. The third-order valence-corrected chi connectivity index (χ3v) is 8.51. The molecule has 3 aliphatic heterocycles. The Morgan fingerprint density at radius 3 is 2.55 bits per heavy atom. The average Bonchev–Trinajstić information content (AvgIpc) is 3.71. The predicted octanol–water partition coefficient (Wildman–Crippen LogP) is 5.23. The summed E-state index contributed by atoms with van der Waals surface area (Å²) in [5.74, 6) is 0.550. The minimum Gasteiger partial charge on any atom is -0.371 e. The van der Waals surface area contributed by atoms with Crippen LogP contribution in [0.4, 0.5) is 36.2 Å². The second-order valence-electron chi connectivity index (χ2n) is 11.5. The zero-order chi connectivity index (χ0) is 30.8. The van der Waals surface area contributed by atoms with Crippen molar-refractivity contribution in [1.82, 2.24) is 14.5 Å². The number of likely N-dealkylation sites (tertiary alicyclic amines) is 1. The summed E-state index contributed by atoms with van der Waals surface area (Å²) in [5.41, 5.74) is 7.44. The SMILES string of the molecule is Cc1ccc(NC(=O)c2cc(N3CCC(N4CCCC4)CC3)cc(C(F)(F)F)c2)cc1Nc1nccn1C1=NC=NC(N)C1. The van der Waals surface area contributed by atoms with Crippen molar-refractivity contribution in [3.63, 3.8) is 0 Å². The molecule has 2 aromatic carbocycles. The quantitative estimate of drug-likeness (QED) is 0.353. The number of carbonyl (C=O) groups is 1. The lowest BCUT2D eigenvalue weighted by atomic mass is 10.0. The molecule has 0 radical (unpaired) electrons. The Morgan fingerprint density at radius 2 is 1.82 bits per heavy atom. The van der Waals surface area contributed by atoms with E-state index in [1.807, 2.05) is 17.9 Å². The van der Waals surface area contributed by atoms with Gasteiger partial charge in [0.1, 0.15) is 18.3 Å². The first-order chi connectivity index (χ1) is 21.1. The molecule has 10 nitrogen and oxygen atoms in total. The fourth-order valence-corrected chi connectivity index (χ4v) is 6.09. The van der Waals surface area contributed by atoms with Crippen LogP contribution < -0.4 is 21.3 Å². The maximum Gasteiger partial charge on any atom is 0.416 e. The van der Waals surface area contributed by atoms with Crippen LogP contribution >= 0.6 is 0 Å². The standard InChI is InChI=1S/C31H36F3N9O/c1-20-4-5-23(17-26(20)40-30-36-8-13-43(30)28-18-27(35)37-19-38-28)39-29(44)21-14-22(31(32,33)34)16-25(15-21)42-11-6-24(7-12-42)41-9-2-3-10-41/h4-5,8,13-17,19,24,27H,2-3,6-7,9-12,18,35H2,1H3,(H,36,40)(H,39,44). The second kappa shape index (κ2) is 12.4. The van der Waals surface area contributed by atoms with Crippen LogP contribution in [0.3, 0.4) is 0 Å². The Hall–Kier alpha value is -4.23. The van der Waals surface area contributed by atoms with Crippen molar-refractivity contribution in [2.45, 2.75) is 57.4 Å². The van der Waals surface area contributed by atoms with Gasteiger partial charge in [0.15, 0.2) is 0 Å². The van der Waals surface area contributed by atoms with Crippen LogP contribution in [-0.2, 0) is 6.18 Å². The number of imidazole rings is 1. The van der Waals surface area contributed by atoms with Gasteiger partial charge in [0, 0.05) is 60.6 Å². The highest BCUT2D eigenvalue weighted by Crippen LogP contribution is 2.35. The Bertz CT molecular complexity index is 1570.